The second-order valence-corrected chi connectivity index (χ2v) is 4.74. The zero-order chi connectivity index (χ0) is 13.0. The highest BCUT2D eigenvalue weighted by atomic mass is 79.9. The monoisotopic (exact) mass is 309 g/mol. The summed E-state index contributed by atoms with van der Waals surface area (Å²) >= 11 is 3.32. The summed E-state index contributed by atoms with van der Waals surface area (Å²) in [6, 6.07) is 12.5. The van der Waals surface area contributed by atoms with Crippen molar-refractivity contribution in [1.29, 1.82) is 0 Å². The summed E-state index contributed by atoms with van der Waals surface area (Å²) in [6.45, 7) is 0.567. The van der Waals surface area contributed by atoms with Crippen LogP contribution < -0.4 is 10.1 Å². The molecule has 0 amide bonds. The van der Waals surface area contributed by atoms with Crippen LogP contribution in [0, 0.1) is 5.82 Å². The highest BCUT2D eigenvalue weighted by Gasteiger charge is 2.02. The minimum absolute atomic E-state index is 0.258. The van der Waals surface area contributed by atoms with Crippen LogP contribution in [0.15, 0.2) is 46.9 Å². The van der Waals surface area contributed by atoms with Gasteiger partial charge >= 0.3 is 0 Å². The van der Waals surface area contributed by atoms with Gasteiger partial charge in [0.05, 0.1) is 12.8 Å². The quantitative estimate of drug-likeness (QED) is 0.913. The van der Waals surface area contributed by atoms with Gasteiger partial charge < -0.3 is 10.1 Å². The molecule has 4 heteroatoms. The molecule has 94 valence electrons. The van der Waals surface area contributed by atoms with Crippen molar-refractivity contribution in [2.24, 2.45) is 0 Å². The molecule has 1 N–H and O–H groups in total. The maximum absolute atomic E-state index is 13.5. The Labute approximate surface area is 114 Å². The summed E-state index contributed by atoms with van der Waals surface area (Å²) in [7, 11) is 1.63. The van der Waals surface area contributed by atoms with Crippen LogP contribution in [0.3, 0.4) is 0 Å². The maximum atomic E-state index is 13.5. The van der Waals surface area contributed by atoms with Crippen LogP contribution in [0.2, 0.25) is 0 Å². The Morgan fingerprint density at radius 3 is 2.56 bits per heavy atom. The van der Waals surface area contributed by atoms with E-state index >= 15 is 0 Å². The van der Waals surface area contributed by atoms with Crippen molar-refractivity contribution >= 4 is 21.6 Å². The lowest BCUT2D eigenvalue weighted by Gasteiger charge is -2.08. The average Bonchev–Trinajstić information content (AvgIpc) is 2.40. The third-order valence-electron chi connectivity index (χ3n) is 2.57. The van der Waals surface area contributed by atoms with E-state index in [4.69, 9.17) is 4.74 Å². The minimum atomic E-state index is -0.258. The highest BCUT2D eigenvalue weighted by molar-refractivity contribution is 9.10. The molecule has 18 heavy (non-hydrogen) atoms. The lowest BCUT2D eigenvalue weighted by Crippen LogP contribution is -2.01. The Hall–Kier alpha value is -1.55. The van der Waals surface area contributed by atoms with Crippen molar-refractivity contribution in [3.63, 3.8) is 0 Å². The van der Waals surface area contributed by atoms with E-state index in [9.17, 15) is 4.39 Å². The fourth-order valence-electron chi connectivity index (χ4n) is 1.57. The van der Waals surface area contributed by atoms with Crippen molar-refractivity contribution in [2.75, 3.05) is 12.4 Å². The summed E-state index contributed by atoms with van der Waals surface area (Å²) in [5.41, 5.74) is 1.55. The first kappa shape index (κ1) is 12.9. The summed E-state index contributed by atoms with van der Waals surface area (Å²) in [4.78, 5) is 0. The molecule has 0 saturated carbocycles. The van der Waals surface area contributed by atoms with Gasteiger partial charge in [0.25, 0.3) is 0 Å². The zero-order valence-electron chi connectivity index (χ0n) is 9.91. The molecule has 0 saturated heterocycles. The van der Waals surface area contributed by atoms with Crippen molar-refractivity contribution in [1.82, 2.24) is 0 Å². The molecule has 2 aromatic rings. The molecule has 0 unspecified atom stereocenters. The summed E-state index contributed by atoms with van der Waals surface area (Å²) in [5.74, 6) is 0.555. The SMILES string of the molecule is COc1ccc(CNc2cc(Br)ccc2F)cc1. The van der Waals surface area contributed by atoms with E-state index in [1.807, 2.05) is 24.3 Å². The van der Waals surface area contributed by atoms with E-state index in [0.717, 1.165) is 15.8 Å². The van der Waals surface area contributed by atoms with Crippen molar-refractivity contribution in [3.8, 4) is 5.75 Å². The lowest BCUT2D eigenvalue weighted by atomic mass is 10.2. The zero-order valence-corrected chi connectivity index (χ0v) is 11.5. The van der Waals surface area contributed by atoms with E-state index in [-0.39, 0.29) is 5.82 Å². The standard InChI is InChI=1S/C14H13BrFNO/c1-18-12-5-2-10(3-6-12)9-17-14-8-11(15)4-7-13(14)16/h2-8,17H,9H2,1H3. The molecular formula is C14H13BrFNO. The smallest absolute Gasteiger partial charge is 0.146 e. The Morgan fingerprint density at radius 2 is 1.89 bits per heavy atom. The van der Waals surface area contributed by atoms with Crippen LogP contribution in [-0.2, 0) is 6.54 Å². The summed E-state index contributed by atoms with van der Waals surface area (Å²) in [6.07, 6.45) is 0. The molecule has 0 spiro atoms. The largest absolute Gasteiger partial charge is 0.497 e. The first-order valence-electron chi connectivity index (χ1n) is 5.51. The topological polar surface area (TPSA) is 21.3 Å². The molecule has 0 heterocycles. The van der Waals surface area contributed by atoms with Crippen LogP contribution in [0.1, 0.15) is 5.56 Å². The number of hydrogen-bond acceptors (Lipinski definition) is 2. The maximum Gasteiger partial charge on any atom is 0.146 e. The first-order chi connectivity index (χ1) is 8.69. The first-order valence-corrected chi connectivity index (χ1v) is 6.30. The lowest BCUT2D eigenvalue weighted by molar-refractivity contribution is 0.414. The minimum Gasteiger partial charge on any atom is -0.497 e. The Morgan fingerprint density at radius 1 is 1.17 bits per heavy atom. The number of benzene rings is 2. The van der Waals surface area contributed by atoms with E-state index in [1.165, 1.54) is 6.07 Å². The predicted octanol–water partition coefficient (Wildman–Crippen LogP) is 4.21. The second kappa shape index (κ2) is 5.87. The fraction of sp³-hybridized carbons (Fsp3) is 0.143. The Balaban J connectivity index is 2.04. The molecule has 2 nitrogen and oxygen atoms in total. The van der Waals surface area contributed by atoms with Crippen LogP contribution in [0.25, 0.3) is 0 Å². The molecule has 0 fully saturated rings. The third-order valence-corrected chi connectivity index (χ3v) is 3.06. The molecular weight excluding hydrogens is 297 g/mol. The Kier molecular flexibility index (Phi) is 4.20. The molecule has 0 aliphatic heterocycles. The predicted molar refractivity (Wildman–Crippen MR) is 74.4 cm³/mol. The average molecular weight is 310 g/mol. The molecule has 0 aliphatic rings. The van der Waals surface area contributed by atoms with Gasteiger partial charge in [0.1, 0.15) is 11.6 Å². The third kappa shape index (κ3) is 3.23. The second-order valence-electron chi connectivity index (χ2n) is 3.83. The number of ether oxygens (including phenoxy) is 1. The van der Waals surface area contributed by atoms with E-state index < -0.39 is 0 Å². The highest BCUT2D eigenvalue weighted by Crippen LogP contribution is 2.21. The van der Waals surface area contributed by atoms with Crippen LogP contribution in [0.4, 0.5) is 10.1 Å². The Bertz CT molecular complexity index is 528. The summed E-state index contributed by atoms with van der Waals surface area (Å²) in [5, 5.41) is 3.06. The molecule has 2 aromatic carbocycles. The number of rotatable bonds is 4. The number of hydrogen-bond donors (Lipinski definition) is 1. The van der Waals surface area contributed by atoms with Gasteiger partial charge in [-0.1, -0.05) is 28.1 Å². The van der Waals surface area contributed by atoms with E-state index in [0.29, 0.717) is 12.2 Å². The number of anilines is 1. The van der Waals surface area contributed by atoms with Crippen molar-refractivity contribution < 1.29 is 9.13 Å². The van der Waals surface area contributed by atoms with Gasteiger partial charge in [0.15, 0.2) is 0 Å². The molecule has 0 aromatic heterocycles. The van der Waals surface area contributed by atoms with Gasteiger partial charge in [0, 0.05) is 11.0 Å². The molecule has 0 atom stereocenters. The normalized spacial score (nSPS) is 10.2. The molecule has 0 bridgehead atoms. The number of halogens is 2. The van der Waals surface area contributed by atoms with Gasteiger partial charge in [0.2, 0.25) is 0 Å². The van der Waals surface area contributed by atoms with Crippen LogP contribution in [-0.4, -0.2) is 7.11 Å². The van der Waals surface area contributed by atoms with Gasteiger partial charge in [-0.3, -0.25) is 0 Å². The molecule has 0 radical (unpaired) electrons. The van der Waals surface area contributed by atoms with Crippen molar-refractivity contribution in [2.45, 2.75) is 6.54 Å². The van der Waals surface area contributed by atoms with Gasteiger partial charge in [-0.25, -0.2) is 4.39 Å². The van der Waals surface area contributed by atoms with Crippen LogP contribution in [0.5, 0.6) is 5.75 Å². The fourth-order valence-corrected chi connectivity index (χ4v) is 1.93. The number of methoxy groups -OCH3 is 1. The summed E-state index contributed by atoms with van der Waals surface area (Å²) < 4.78 is 19.4. The number of nitrogens with one attached hydrogen (secondary N) is 1. The molecule has 0 aliphatic carbocycles. The van der Waals surface area contributed by atoms with Gasteiger partial charge in [-0.05, 0) is 35.9 Å². The van der Waals surface area contributed by atoms with E-state index in [2.05, 4.69) is 21.2 Å². The van der Waals surface area contributed by atoms with Gasteiger partial charge in [-0.15, -0.1) is 0 Å². The van der Waals surface area contributed by atoms with E-state index in [1.54, 1.807) is 19.2 Å². The van der Waals surface area contributed by atoms with Gasteiger partial charge in [-0.2, -0.15) is 0 Å². The molecule has 2 rings (SSSR count). The van der Waals surface area contributed by atoms with Crippen LogP contribution >= 0.6 is 15.9 Å². The van der Waals surface area contributed by atoms with Crippen molar-refractivity contribution in [3.05, 3.63) is 58.3 Å².